The van der Waals surface area contributed by atoms with Gasteiger partial charge in [0.25, 0.3) is 0 Å². The van der Waals surface area contributed by atoms with Gasteiger partial charge in [-0.3, -0.25) is 0 Å². The minimum atomic E-state index is 0.0789. The highest BCUT2D eigenvalue weighted by molar-refractivity contribution is 9.11. The number of aliphatic hydroxyl groups excluding tert-OH is 1. The number of hydrogen-bond acceptors (Lipinski definition) is 3. The fourth-order valence-electron chi connectivity index (χ4n) is 0.510. The molecule has 0 aliphatic heterocycles. The lowest BCUT2D eigenvalue weighted by Gasteiger charge is -1.77. The zero-order valence-electron chi connectivity index (χ0n) is 5.12. The van der Waals surface area contributed by atoms with Crippen LogP contribution in [0.1, 0.15) is 4.88 Å². The number of nitrogens with zero attached hydrogens (tertiary/aromatic N) is 1. The average molecular weight is 220 g/mol. The summed E-state index contributed by atoms with van der Waals surface area (Å²) in [5, 5.41) is 8.42. The van der Waals surface area contributed by atoms with Crippen LogP contribution in [0.4, 0.5) is 0 Å². The van der Waals surface area contributed by atoms with Crippen LogP contribution in [0.5, 0.6) is 0 Å². The topological polar surface area (TPSA) is 33.1 Å². The number of thiazole rings is 1. The Labute approximate surface area is 71.4 Å². The van der Waals surface area contributed by atoms with E-state index >= 15 is 0 Å². The Morgan fingerprint density at radius 2 is 2.60 bits per heavy atom. The molecule has 0 aliphatic rings. The largest absolute Gasteiger partial charge is 0.392 e. The predicted molar refractivity (Wildman–Crippen MR) is 45.9 cm³/mol. The van der Waals surface area contributed by atoms with Gasteiger partial charge in [0.2, 0.25) is 0 Å². The van der Waals surface area contributed by atoms with E-state index in [1.165, 1.54) is 11.3 Å². The van der Waals surface area contributed by atoms with Gasteiger partial charge in [0.05, 0.1) is 6.61 Å². The third-order valence-electron chi connectivity index (χ3n) is 0.883. The molecule has 0 atom stereocenters. The first-order chi connectivity index (χ1) is 4.83. The molecule has 0 saturated carbocycles. The van der Waals surface area contributed by atoms with Crippen LogP contribution < -0.4 is 0 Å². The maximum atomic E-state index is 8.42. The maximum Gasteiger partial charge on any atom is 0.159 e. The summed E-state index contributed by atoms with van der Waals surface area (Å²) in [7, 11) is 0. The fourth-order valence-corrected chi connectivity index (χ4v) is 1.74. The molecule has 4 heteroatoms. The lowest BCUT2D eigenvalue weighted by molar-refractivity contribution is 0.343. The lowest BCUT2D eigenvalue weighted by Crippen LogP contribution is -1.68. The van der Waals surface area contributed by atoms with E-state index in [0.717, 1.165) is 8.79 Å². The molecule has 0 amide bonds. The van der Waals surface area contributed by atoms with E-state index < -0.39 is 0 Å². The van der Waals surface area contributed by atoms with E-state index in [4.69, 9.17) is 5.11 Å². The zero-order chi connectivity index (χ0) is 7.40. The summed E-state index contributed by atoms with van der Waals surface area (Å²) < 4.78 is 0.866. The molecule has 1 N–H and O–H groups in total. The second-order valence-corrected chi connectivity index (χ2v) is 3.94. The Morgan fingerprint density at radius 1 is 1.80 bits per heavy atom. The van der Waals surface area contributed by atoms with E-state index in [9.17, 15) is 0 Å². The van der Waals surface area contributed by atoms with Crippen molar-refractivity contribution in [2.45, 2.75) is 0 Å². The highest BCUT2D eigenvalue weighted by atomic mass is 79.9. The fraction of sp³-hybridized carbons (Fsp3) is 0.167. The van der Waals surface area contributed by atoms with Crippen molar-refractivity contribution < 1.29 is 5.11 Å². The van der Waals surface area contributed by atoms with Crippen molar-refractivity contribution >= 4 is 33.3 Å². The molecule has 0 spiro atoms. The minimum Gasteiger partial charge on any atom is -0.392 e. The summed E-state index contributed by atoms with van der Waals surface area (Å²) in [6, 6.07) is 0. The second kappa shape index (κ2) is 3.85. The summed E-state index contributed by atoms with van der Waals surface area (Å²) >= 11 is 4.77. The smallest absolute Gasteiger partial charge is 0.159 e. The molecule has 0 unspecified atom stereocenters. The second-order valence-electron chi connectivity index (χ2n) is 1.60. The van der Waals surface area contributed by atoms with Crippen molar-refractivity contribution in [3.63, 3.8) is 0 Å². The van der Waals surface area contributed by atoms with Crippen LogP contribution in [0.25, 0.3) is 6.08 Å². The molecule has 54 valence electrons. The Morgan fingerprint density at radius 3 is 3.10 bits per heavy atom. The van der Waals surface area contributed by atoms with Gasteiger partial charge in [0.1, 0.15) is 0 Å². The van der Waals surface area contributed by atoms with Gasteiger partial charge in [-0.1, -0.05) is 6.08 Å². The minimum absolute atomic E-state index is 0.0789. The van der Waals surface area contributed by atoms with Gasteiger partial charge in [-0.15, -0.1) is 11.3 Å². The number of hydrogen-bond donors (Lipinski definition) is 1. The molecular formula is C6H6BrNOS. The number of aliphatic hydroxyl groups is 1. The molecule has 2 nitrogen and oxygen atoms in total. The Bertz CT molecular complexity index is 233. The molecule has 10 heavy (non-hydrogen) atoms. The molecule has 0 aliphatic carbocycles. The van der Waals surface area contributed by atoms with E-state index in [0.29, 0.717) is 0 Å². The van der Waals surface area contributed by atoms with Crippen molar-refractivity contribution in [2.75, 3.05) is 6.61 Å². The quantitative estimate of drug-likeness (QED) is 0.825. The van der Waals surface area contributed by atoms with Crippen molar-refractivity contribution in [2.24, 2.45) is 0 Å². The molecule has 0 radical (unpaired) electrons. The van der Waals surface area contributed by atoms with Crippen molar-refractivity contribution in [1.29, 1.82) is 0 Å². The first-order valence-electron chi connectivity index (χ1n) is 2.71. The molecular weight excluding hydrogens is 214 g/mol. The van der Waals surface area contributed by atoms with Crippen LogP contribution in [-0.2, 0) is 0 Å². The van der Waals surface area contributed by atoms with Gasteiger partial charge in [0.15, 0.2) is 3.92 Å². The number of halogens is 1. The summed E-state index contributed by atoms with van der Waals surface area (Å²) in [5.74, 6) is 0. The molecule has 1 aromatic rings. The van der Waals surface area contributed by atoms with Crippen LogP contribution in [0.15, 0.2) is 16.2 Å². The summed E-state index contributed by atoms with van der Waals surface area (Å²) in [4.78, 5) is 5.01. The van der Waals surface area contributed by atoms with Crippen LogP contribution in [0.2, 0.25) is 0 Å². The van der Waals surface area contributed by atoms with Crippen LogP contribution in [-0.4, -0.2) is 16.7 Å². The normalized spacial score (nSPS) is 11.0. The molecule has 0 saturated heterocycles. The van der Waals surface area contributed by atoms with Crippen molar-refractivity contribution in [1.82, 2.24) is 4.98 Å². The average Bonchev–Trinajstić information content (AvgIpc) is 2.31. The van der Waals surface area contributed by atoms with Crippen molar-refractivity contribution in [3.05, 3.63) is 21.1 Å². The first-order valence-corrected chi connectivity index (χ1v) is 4.32. The van der Waals surface area contributed by atoms with E-state index in [1.54, 1.807) is 12.3 Å². The number of aromatic nitrogens is 1. The summed E-state index contributed by atoms with van der Waals surface area (Å²) in [5.41, 5.74) is 0. The monoisotopic (exact) mass is 219 g/mol. The van der Waals surface area contributed by atoms with E-state index in [-0.39, 0.29) is 6.61 Å². The van der Waals surface area contributed by atoms with Crippen LogP contribution in [0.3, 0.4) is 0 Å². The molecule has 0 fully saturated rings. The highest BCUT2D eigenvalue weighted by Crippen LogP contribution is 2.19. The highest BCUT2D eigenvalue weighted by Gasteiger charge is 1.92. The van der Waals surface area contributed by atoms with Crippen LogP contribution >= 0.6 is 27.3 Å². The SMILES string of the molecule is OC/C=C/c1cnc(Br)s1. The van der Waals surface area contributed by atoms with Gasteiger partial charge < -0.3 is 5.11 Å². The van der Waals surface area contributed by atoms with Gasteiger partial charge in [-0.05, 0) is 22.0 Å². The molecule has 1 heterocycles. The Kier molecular flexibility index (Phi) is 3.05. The third-order valence-corrected chi connectivity index (χ3v) is 2.32. The van der Waals surface area contributed by atoms with Gasteiger partial charge in [0, 0.05) is 11.1 Å². The molecule has 0 aromatic carbocycles. The molecule has 1 rings (SSSR count). The third kappa shape index (κ3) is 2.21. The maximum absolute atomic E-state index is 8.42. The standard InChI is InChI=1S/C6H6BrNOS/c7-6-8-4-5(10-6)2-1-3-9/h1-2,4,9H,3H2/b2-1+. The van der Waals surface area contributed by atoms with Gasteiger partial charge >= 0.3 is 0 Å². The predicted octanol–water partition coefficient (Wildman–Crippen LogP) is 1.91. The molecule has 1 aromatic heterocycles. The van der Waals surface area contributed by atoms with Crippen molar-refractivity contribution in [3.8, 4) is 0 Å². The molecule has 0 bridgehead atoms. The first kappa shape index (κ1) is 7.91. The zero-order valence-corrected chi connectivity index (χ0v) is 7.52. The Hall–Kier alpha value is -0.190. The van der Waals surface area contributed by atoms with Crippen LogP contribution in [0, 0.1) is 0 Å². The van der Waals surface area contributed by atoms with E-state index in [2.05, 4.69) is 20.9 Å². The summed E-state index contributed by atoms with van der Waals surface area (Å²) in [6.45, 7) is 0.0789. The summed E-state index contributed by atoms with van der Waals surface area (Å²) in [6.07, 6.45) is 5.27. The van der Waals surface area contributed by atoms with Gasteiger partial charge in [-0.2, -0.15) is 0 Å². The van der Waals surface area contributed by atoms with E-state index in [1.807, 2.05) is 6.08 Å². The Balaban J connectivity index is 2.67. The lowest BCUT2D eigenvalue weighted by atomic mass is 10.5. The van der Waals surface area contributed by atoms with Gasteiger partial charge in [-0.25, -0.2) is 4.98 Å². The number of rotatable bonds is 2.